The topological polar surface area (TPSA) is 9.23 Å². The van der Waals surface area contributed by atoms with Gasteiger partial charge in [0.15, 0.2) is 0 Å². The molecule has 1 aromatic rings. The Morgan fingerprint density at radius 1 is 1.14 bits per heavy atom. The van der Waals surface area contributed by atoms with Gasteiger partial charge in [0.2, 0.25) is 0 Å². The molecule has 2 bridgehead atoms. The number of benzene rings is 1. The number of rotatable bonds is 0. The molecule has 2 aliphatic rings. The molecule has 0 spiro atoms. The summed E-state index contributed by atoms with van der Waals surface area (Å²) < 4.78 is 5.76. The second kappa shape index (κ2) is 3.06. The second-order valence-electron chi connectivity index (χ2n) is 3.64. The van der Waals surface area contributed by atoms with E-state index < -0.39 is 0 Å². The molecule has 14 heavy (non-hydrogen) atoms. The number of ether oxygens (including phenoxy) is 1. The fourth-order valence-corrected chi connectivity index (χ4v) is 4.01. The summed E-state index contributed by atoms with van der Waals surface area (Å²) in [5.74, 6) is 0. The minimum atomic E-state index is -0.168. The molecule has 1 fully saturated rings. The van der Waals surface area contributed by atoms with Crippen LogP contribution < -0.4 is 0 Å². The second-order valence-corrected chi connectivity index (χ2v) is 8.32. The maximum atomic E-state index is 5.93. The monoisotopic (exact) mass is 380 g/mol. The largest absolute Gasteiger partial charge is 0.362 e. The van der Waals surface area contributed by atoms with Crippen LogP contribution in [-0.4, -0.2) is 8.06 Å². The Balaban J connectivity index is 2.19. The van der Waals surface area contributed by atoms with Crippen molar-refractivity contribution >= 4 is 47.8 Å². The van der Waals surface area contributed by atoms with Gasteiger partial charge in [-0.15, -0.1) is 0 Å². The van der Waals surface area contributed by atoms with Crippen LogP contribution in [-0.2, 0) is 4.74 Å². The predicted molar refractivity (Wildman–Crippen MR) is 66.3 cm³/mol. The zero-order valence-electron chi connectivity index (χ0n) is 7.08. The minimum Gasteiger partial charge on any atom is -0.362 e. The summed E-state index contributed by atoms with van der Waals surface area (Å²) in [4.78, 5) is 0.273. The summed E-state index contributed by atoms with van der Waals surface area (Å²) in [6.07, 6.45) is 0.267. The highest BCUT2D eigenvalue weighted by molar-refractivity contribution is 9.26. The van der Waals surface area contributed by atoms with E-state index in [0.29, 0.717) is 0 Å². The van der Waals surface area contributed by atoms with E-state index in [-0.39, 0.29) is 20.3 Å². The lowest BCUT2D eigenvalue weighted by Crippen LogP contribution is -2.30. The van der Waals surface area contributed by atoms with E-state index in [9.17, 15) is 0 Å². The molecular formula is C10H7Br3O. The Hall–Kier alpha value is 0.620. The summed E-state index contributed by atoms with van der Waals surface area (Å²) in [6, 6.07) is 8.40. The molecule has 3 rings (SSSR count). The van der Waals surface area contributed by atoms with E-state index >= 15 is 0 Å². The summed E-state index contributed by atoms with van der Waals surface area (Å²) in [6.45, 7) is 0. The maximum absolute atomic E-state index is 5.93. The van der Waals surface area contributed by atoms with Gasteiger partial charge < -0.3 is 4.74 Å². The Morgan fingerprint density at radius 3 is 2.50 bits per heavy atom. The lowest BCUT2D eigenvalue weighted by Gasteiger charge is -2.28. The van der Waals surface area contributed by atoms with E-state index in [1.165, 1.54) is 11.1 Å². The lowest BCUT2D eigenvalue weighted by atomic mass is 9.92. The van der Waals surface area contributed by atoms with Gasteiger partial charge in [0.05, 0.1) is 10.9 Å². The molecule has 2 heterocycles. The fourth-order valence-electron chi connectivity index (χ4n) is 2.17. The van der Waals surface area contributed by atoms with Crippen molar-refractivity contribution in [2.75, 3.05) is 0 Å². The molecule has 1 nitrogen and oxygen atoms in total. The molecule has 2 aliphatic heterocycles. The van der Waals surface area contributed by atoms with E-state index in [1.807, 2.05) is 0 Å². The van der Waals surface area contributed by atoms with Gasteiger partial charge >= 0.3 is 0 Å². The smallest absolute Gasteiger partial charge is 0.126 e. The van der Waals surface area contributed by atoms with Crippen LogP contribution in [0.3, 0.4) is 0 Å². The van der Waals surface area contributed by atoms with Crippen molar-refractivity contribution in [2.45, 2.75) is 20.3 Å². The SMILES string of the molecule is BrC1[C@H]2O[C@H](c3ccccc32)C1(Br)Br. The average Bonchev–Trinajstić information content (AvgIpc) is 2.64. The number of fused-ring (bicyclic) bond motifs is 5. The van der Waals surface area contributed by atoms with E-state index in [0.717, 1.165) is 0 Å². The van der Waals surface area contributed by atoms with Crippen LogP contribution in [0.2, 0.25) is 0 Å². The third-order valence-corrected chi connectivity index (χ3v) is 7.10. The van der Waals surface area contributed by atoms with Crippen molar-refractivity contribution in [3.8, 4) is 0 Å². The van der Waals surface area contributed by atoms with Crippen LogP contribution in [0.1, 0.15) is 23.3 Å². The first-order valence-electron chi connectivity index (χ1n) is 4.38. The van der Waals surface area contributed by atoms with Crippen LogP contribution in [0.25, 0.3) is 0 Å². The van der Waals surface area contributed by atoms with Crippen molar-refractivity contribution in [2.24, 2.45) is 0 Å². The summed E-state index contributed by atoms with van der Waals surface area (Å²) in [5.41, 5.74) is 2.61. The number of alkyl halides is 3. The highest BCUT2D eigenvalue weighted by atomic mass is 79.9. The molecule has 1 saturated heterocycles. The zero-order valence-corrected chi connectivity index (χ0v) is 11.8. The number of hydrogen-bond donors (Lipinski definition) is 0. The highest BCUT2D eigenvalue weighted by Gasteiger charge is 2.59. The molecule has 0 aliphatic carbocycles. The molecule has 0 N–H and O–H groups in total. The molecular weight excluding hydrogens is 376 g/mol. The van der Waals surface area contributed by atoms with E-state index in [2.05, 4.69) is 72.1 Å². The van der Waals surface area contributed by atoms with Crippen molar-refractivity contribution in [3.05, 3.63) is 35.4 Å². The quantitative estimate of drug-likeness (QED) is 0.615. The van der Waals surface area contributed by atoms with Gasteiger partial charge in [-0.1, -0.05) is 72.1 Å². The normalized spacial score (nSPS) is 37.2. The molecule has 4 heteroatoms. The van der Waals surface area contributed by atoms with Crippen LogP contribution in [0.5, 0.6) is 0 Å². The molecule has 1 aromatic carbocycles. The third kappa shape index (κ3) is 1.09. The fraction of sp³-hybridized carbons (Fsp3) is 0.400. The van der Waals surface area contributed by atoms with Gasteiger partial charge in [0.25, 0.3) is 0 Å². The summed E-state index contributed by atoms with van der Waals surface area (Å²) >= 11 is 11.0. The lowest BCUT2D eigenvalue weighted by molar-refractivity contribution is 0.0731. The molecule has 0 aromatic heterocycles. The number of hydrogen-bond acceptors (Lipinski definition) is 1. The Labute approximate surface area is 108 Å². The van der Waals surface area contributed by atoms with E-state index in [1.54, 1.807) is 0 Å². The van der Waals surface area contributed by atoms with Crippen molar-refractivity contribution in [1.82, 2.24) is 0 Å². The van der Waals surface area contributed by atoms with Gasteiger partial charge in [-0.25, -0.2) is 0 Å². The molecule has 3 atom stereocenters. The molecule has 1 unspecified atom stereocenters. The summed E-state index contributed by atoms with van der Waals surface area (Å²) in [7, 11) is 0. The zero-order chi connectivity index (χ0) is 9.92. The Kier molecular flexibility index (Phi) is 2.15. The standard InChI is InChI=1S/C10H7Br3O/c11-8-7-5-3-1-2-4-6(5)9(14-7)10(8,12)13/h1-4,7-9H/t7-,8?,9+/m0/s1. The van der Waals surface area contributed by atoms with Gasteiger partial charge in [0.1, 0.15) is 9.34 Å². The first-order chi connectivity index (χ1) is 6.62. The highest BCUT2D eigenvalue weighted by Crippen LogP contribution is 2.64. The van der Waals surface area contributed by atoms with Crippen LogP contribution in [0.4, 0.5) is 0 Å². The predicted octanol–water partition coefficient (Wildman–Crippen LogP) is 4.06. The molecule has 0 radical (unpaired) electrons. The van der Waals surface area contributed by atoms with E-state index in [4.69, 9.17) is 4.74 Å². The first kappa shape index (κ1) is 9.82. The third-order valence-electron chi connectivity index (χ3n) is 2.85. The Bertz CT molecular complexity index is 391. The Morgan fingerprint density at radius 2 is 1.79 bits per heavy atom. The minimum absolute atomic E-state index is 0.105. The van der Waals surface area contributed by atoms with Crippen LogP contribution in [0, 0.1) is 0 Å². The van der Waals surface area contributed by atoms with Crippen molar-refractivity contribution < 1.29 is 4.74 Å². The number of halogens is 3. The maximum Gasteiger partial charge on any atom is 0.126 e. The molecule has 74 valence electrons. The molecule has 0 saturated carbocycles. The van der Waals surface area contributed by atoms with Crippen molar-refractivity contribution in [1.29, 1.82) is 0 Å². The van der Waals surface area contributed by atoms with Crippen LogP contribution in [0.15, 0.2) is 24.3 Å². The van der Waals surface area contributed by atoms with Gasteiger partial charge in [-0.05, 0) is 11.1 Å². The first-order valence-corrected chi connectivity index (χ1v) is 6.88. The molecule has 0 amide bonds. The van der Waals surface area contributed by atoms with Crippen molar-refractivity contribution in [3.63, 3.8) is 0 Å². The van der Waals surface area contributed by atoms with Crippen LogP contribution >= 0.6 is 47.8 Å². The average molecular weight is 383 g/mol. The summed E-state index contributed by atoms with van der Waals surface area (Å²) in [5, 5.41) is 0. The van der Waals surface area contributed by atoms with Gasteiger partial charge in [-0.3, -0.25) is 0 Å². The van der Waals surface area contributed by atoms with Gasteiger partial charge in [-0.2, -0.15) is 0 Å². The van der Waals surface area contributed by atoms with Gasteiger partial charge in [0, 0.05) is 0 Å².